The minimum absolute atomic E-state index is 0.00598. The lowest BCUT2D eigenvalue weighted by Crippen LogP contribution is -2.35. The lowest BCUT2D eigenvalue weighted by Gasteiger charge is -2.06. The van der Waals surface area contributed by atoms with Gasteiger partial charge in [0.1, 0.15) is 0 Å². The molecule has 2 aromatic rings. The van der Waals surface area contributed by atoms with Crippen LogP contribution in [0.1, 0.15) is 11.3 Å². The Bertz CT molecular complexity index is 685. The van der Waals surface area contributed by atoms with Crippen LogP contribution in [0.15, 0.2) is 24.4 Å². The number of aryl methyl sites for hydroxylation is 1. The molecule has 6 nitrogen and oxygen atoms in total. The summed E-state index contributed by atoms with van der Waals surface area (Å²) in [5, 5.41) is 11.0. The van der Waals surface area contributed by atoms with Crippen LogP contribution in [0.2, 0.25) is 0 Å². The van der Waals surface area contributed by atoms with E-state index in [1.54, 1.807) is 6.92 Å². The number of benzene rings is 1. The van der Waals surface area contributed by atoms with Crippen LogP contribution in [0.4, 0.5) is 14.5 Å². The van der Waals surface area contributed by atoms with Gasteiger partial charge in [-0.3, -0.25) is 14.7 Å². The van der Waals surface area contributed by atoms with Gasteiger partial charge in [-0.15, -0.1) is 0 Å². The highest BCUT2D eigenvalue weighted by Gasteiger charge is 2.15. The molecule has 1 heterocycles. The first-order valence-electron chi connectivity index (χ1n) is 6.00. The van der Waals surface area contributed by atoms with Crippen LogP contribution in [-0.4, -0.2) is 22.0 Å². The lowest BCUT2D eigenvalue weighted by molar-refractivity contribution is -0.136. The maximum absolute atomic E-state index is 13.0. The fourth-order valence-corrected chi connectivity index (χ4v) is 1.57. The molecule has 0 bridgehead atoms. The summed E-state index contributed by atoms with van der Waals surface area (Å²) in [4.78, 5) is 23.2. The van der Waals surface area contributed by atoms with Gasteiger partial charge in [0, 0.05) is 29.6 Å². The Morgan fingerprint density at radius 2 is 2.00 bits per heavy atom. The molecule has 0 aliphatic rings. The molecule has 8 heteroatoms. The molecule has 0 aliphatic heterocycles. The number of anilines is 1. The second-order valence-electron chi connectivity index (χ2n) is 4.29. The Morgan fingerprint density at radius 1 is 1.24 bits per heavy atom. The molecule has 0 spiro atoms. The fourth-order valence-electron chi connectivity index (χ4n) is 1.57. The highest BCUT2D eigenvalue weighted by Crippen LogP contribution is 2.12. The minimum atomic E-state index is -1.11. The van der Waals surface area contributed by atoms with Crippen molar-refractivity contribution in [2.75, 3.05) is 5.32 Å². The number of aromatic amines is 1. The van der Waals surface area contributed by atoms with Crippen LogP contribution in [0, 0.1) is 18.6 Å². The smallest absolute Gasteiger partial charge is 0.313 e. The number of hydrogen-bond acceptors (Lipinski definition) is 3. The quantitative estimate of drug-likeness (QED) is 0.745. The summed E-state index contributed by atoms with van der Waals surface area (Å²) < 4.78 is 25.7. The molecule has 2 rings (SSSR count). The normalized spacial score (nSPS) is 10.2. The predicted octanol–water partition coefficient (Wildman–Crippen LogP) is 1.25. The SMILES string of the molecule is Cc1[nH]ncc1CNC(=O)C(=O)Nc1ccc(F)c(F)c1. The zero-order valence-corrected chi connectivity index (χ0v) is 11.0. The third-order valence-electron chi connectivity index (χ3n) is 2.76. The number of nitrogens with zero attached hydrogens (tertiary/aromatic N) is 1. The molecule has 0 radical (unpaired) electrons. The monoisotopic (exact) mass is 294 g/mol. The van der Waals surface area contributed by atoms with Crippen molar-refractivity contribution in [3.8, 4) is 0 Å². The van der Waals surface area contributed by atoms with Gasteiger partial charge in [-0.2, -0.15) is 5.10 Å². The number of hydrogen-bond donors (Lipinski definition) is 3. The second kappa shape index (κ2) is 6.12. The molecule has 0 saturated carbocycles. The molecule has 2 amide bonds. The Hall–Kier alpha value is -2.77. The largest absolute Gasteiger partial charge is 0.344 e. The molecule has 0 aliphatic carbocycles. The van der Waals surface area contributed by atoms with Crippen molar-refractivity contribution in [1.82, 2.24) is 15.5 Å². The summed E-state index contributed by atoms with van der Waals surface area (Å²) in [6.45, 7) is 1.90. The van der Waals surface area contributed by atoms with E-state index in [9.17, 15) is 18.4 Å². The molecule has 21 heavy (non-hydrogen) atoms. The summed E-state index contributed by atoms with van der Waals surface area (Å²) in [7, 11) is 0. The second-order valence-corrected chi connectivity index (χ2v) is 4.29. The molecule has 3 N–H and O–H groups in total. The van der Waals surface area contributed by atoms with Crippen LogP contribution in [0.25, 0.3) is 0 Å². The molecule has 1 aromatic heterocycles. The standard InChI is InChI=1S/C13H12F2N4O2/c1-7-8(6-17-19-7)5-16-12(20)13(21)18-9-2-3-10(14)11(15)4-9/h2-4,6H,5H2,1H3,(H,16,20)(H,17,19)(H,18,21). The number of aromatic nitrogens is 2. The van der Waals surface area contributed by atoms with Crippen molar-refractivity contribution in [3.05, 3.63) is 47.3 Å². The summed E-state index contributed by atoms with van der Waals surface area (Å²) in [6.07, 6.45) is 1.53. The first kappa shape index (κ1) is 14.6. The Labute approximate surface area is 118 Å². The summed E-state index contributed by atoms with van der Waals surface area (Å²) >= 11 is 0. The van der Waals surface area contributed by atoms with Gasteiger partial charge in [0.25, 0.3) is 0 Å². The average Bonchev–Trinajstić information content (AvgIpc) is 2.85. The number of amides is 2. The van der Waals surface area contributed by atoms with Gasteiger partial charge in [0.2, 0.25) is 0 Å². The Balaban J connectivity index is 1.92. The van der Waals surface area contributed by atoms with Crippen LogP contribution in [-0.2, 0) is 16.1 Å². The van der Waals surface area contributed by atoms with Gasteiger partial charge in [-0.25, -0.2) is 8.78 Å². The van der Waals surface area contributed by atoms with E-state index in [2.05, 4.69) is 20.8 Å². The predicted molar refractivity (Wildman–Crippen MR) is 70.2 cm³/mol. The van der Waals surface area contributed by atoms with Gasteiger partial charge < -0.3 is 10.6 Å². The van der Waals surface area contributed by atoms with Crippen LogP contribution in [0.3, 0.4) is 0 Å². The van der Waals surface area contributed by atoms with E-state index in [0.29, 0.717) is 0 Å². The number of halogens is 2. The lowest BCUT2D eigenvalue weighted by atomic mass is 10.2. The summed E-state index contributed by atoms with van der Waals surface area (Å²) in [5.41, 5.74) is 1.51. The maximum atomic E-state index is 13.0. The molecular formula is C13H12F2N4O2. The number of H-pyrrole nitrogens is 1. The third-order valence-corrected chi connectivity index (χ3v) is 2.76. The molecule has 0 atom stereocenters. The maximum Gasteiger partial charge on any atom is 0.313 e. The molecule has 1 aromatic carbocycles. The number of carbonyl (C=O) groups is 2. The fraction of sp³-hybridized carbons (Fsp3) is 0.154. The van der Waals surface area contributed by atoms with Gasteiger partial charge >= 0.3 is 11.8 Å². The Morgan fingerprint density at radius 3 is 2.62 bits per heavy atom. The molecule has 0 saturated heterocycles. The Kier molecular flexibility index (Phi) is 4.27. The van der Waals surface area contributed by atoms with Crippen molar-refractivity contribution in [1.29, 1.82) is 0 Å². The number of nitrogens with one attached hydrogen (secondary N) is 3. The first-order chi connectivity index (χ1) is 9.97. The van der Waals surface area contributed by atoms with E-state index in [0.717, 1.165) is 29.5 Å². The van der Waals surface area contributed by atoms with E-state index in [-0.39, 0.29) is 12.2 Å². The van der Waals surface area contributed by atoms with Crippen molar-refractivity contribution in [2.24, 2.45) is 0 Å². The van der Waals surface area contributed by atoms with Gasteiger partial charge in [0.15, 0.2) is 11.6 Å². The van der Waals surface area contributed by atoms with Gasteiger partial charge in [-0.05, 0) is 19.1 Å². The zero-order valence-electron chi connectivity index (χ0n) is 11.0. The molecule has 110 valence electrons. The highest BCUT2D eigenvalue weighted by atomic mass is 19.2. The van der Waals surface area contributed by atoms with Crippen molar-refractivity contribution < 1.29 is 18.4 Å². The number of carbonyl (C=O) groups excluding carboxylic acids is 2. The van der Waals surface area contributed by atoms with Crippen LogP contribution < -0.4 is 10.6 Å². The zero-order chi connectivity index (χ0) is 15.4. The van der Waals surface area contributed by atoms with Crippen molar-refractivity contribution in [2.45, 2.75) is 13.5 Å². The minimum Gasteiger partial charge on any atom is -0.344 e. The van der Waals surface area contributed by atoms with E-state index in [4.69, 9.17) is 0 Å². The average molecular weight is 294 g/mol. The molecule has 0 unspecified atom stereocenters. The van der Waals surface area contributed by atoms with E-state index >= 15 is 0 Å². The van der Waals surface area contributed by atoms with Crippen LogP contribution >= 0.6 is 0 Å². The first-order valence-corrected chi connectivity index (χ1v) is 6.00. The van der Waals surface area contributed by atoms with Gasteiger partial charge in [0.05, 0.1) is 6.20 Å². The third kappa shape index (κ3) is 3.62. The van der Waals surface area contributed by atoms with E-state index < -0.39 is 23.4 Å². The molecule has 0 fully saturated rings. The summed E-state index contributed by atoms with van der Waals surface area (Å²) in [5.74, 6) is -4.00. The van der Waals surface area contributed by atoms with Crippen LogP contribution in [0.5, 0.6) is 0 Å². The number of rotatable bonds is 3. The molecular weight excluding hydrogens is 282 g/mol. The van der Waals surface area contributed by atoms with Crippen molar-refractivity contribution >= 4 is 17.5 Å². The van der Waals surface area contributed by atoms with E-state index in [1.807, 2.05) is 0 Å². The summed E-state index contributed by atoms with van der Waals surface area (Å²) in [6, 6.07) is 2.81. The topological polar surface area (TPSA) is 86.9 Å². The highest BCUT2D eigenvalue weighted by molar-refractivity contribution is 6.39. The van der Waals surface area contributed by atoms with Gasteiger partial charge in [-0.1, -0.05) is 0 Å². The van der Waals surface area contributed by atoms with E-state index in [1.165, 1.54) is 6.20 Å². The van der Waals surface area contributed by atoms with Crippen molar-refractivity contribution in [3.63, 3.8) is 0 Å².